The second-order valence-corrected chi connectivity index (χ2v) is 9.53. The van der Waals surface area contributed by atoms with Gasteiger partial charge in [0, 0.05) is 24.2 Å². The van der Waals surface area contributed by atoms with E-state index >= 15 is 0 Å². The van der Waals surface area contributed by atoms with Gasteiger partial charge in [0.15, 0.2) is 0 Å². The first-order valence-electron chi connectivity index (χ1n) is 11.3. The Morgan fingerprint density at radius 3 is 2.23 bits per heavy atom. The summed E-state index contributed by atoms with van der Waals surface area (Å²) in [6.07, 6.45) is -6.70. The van der Waals surface area contributed by atoms with Gasteiger partial charge in [0.1, 0.15) is 6.10 Å². The molecule has 0 spiro atoms. The van der Waals surface area contributed by atoms with E-state index < -0.39 is 24.3 Å². The number of fused-ring (bicyclic) bond motifs is 1. The summed E-state index contributed by atoms with van der Waals surface area (Å²) in [5.74, 6) is -5.07. The van der Waals surface area contributed by atoms with Crippen molar-refractivity contribution in [3.05, 3.63) is 46.4 Å². The van der Waals surface area contributed by atoms with Gasteiger partial charge in [-0.25, -0.2) is 9.59 Å². The molecule has 9 nitrogen and oxygen atoms in total. The van der Waals surface area contributed by atoms with Crippen LogP contribution in [0.3, 0.4) is 0 Å². The van der Waals surface area contributed by atoms with Gasteiger partial charge in [0.25, 0.3) is 5.91 Å². The Labute approximate surface area is 222 Å². The van der Waals surface area contributed by atoms with Crippen LogP contribution in [-0.2, 0) is 25.7 Å². The van der Waals surface area contributed by atoms with Gasteiger partial charge in [-0.05, 0) is 55.8 Å². The molecule has 216 valence electrons. The number of rotatable bonds is 4. The minimum Gasteiger partial charge on any atom is -0.475 e. The highest BCUT2D eigenvalue weighted by Gasteiger charge is 2.42. The van der Waals surface area contributed by atoms with Crippen molar-refractivity contribution in [2.45, 2.75) is 50.9 Å². The molecule has 3 atom stereocenters. The number of aliphatic carboxylic acids is 2. The van der Waals surface area contributed by atoms with Crippen LogP contribution in [0.4, 0.5) is 32.0 Å². The first-order valence-corrected chi connectivity index (χ1v) is 12.2. The normalized spacial score (nSPS) is 20.9. The predicted octanol–water partition coefficient (Wildman–Crippen LogP) is 4.34. The van der Waals surface area contributed by atoms with Crippen molar-refractivity contribution in [3.8, 4) is 0 Å². The molecule has 4 rings (SSSR count). The number of amides is 1. The summed E-state index contributed by atoms with van der Waals surface area (Å²) >= 11 is 1.80. The van der Waals surface area contributed by atoms with Crippen LogP contribution in [-0.4, -0.2) is 75.6 Å². The molecule has 3 N–H and O–H groups in total. The number of carbonyl (C=O) groups is 3. The standard InChI is InChI=1S/C19H23N3O2S.2C2HF3O2/c1-13-16(5-2-7-20-13)21-19(23)17-10-14-6-8-22(12-18(14)24-17)11-15-4-3-9-25-15;2*3-2(4,5)1(6)7/h2-5,7,9,14,17-18H,6,8,10-12H2,1H3,(H,21,23);2*(H,6,7)/t14-,17+,18+;;/m0../s1. The highest BCUT2D eigenvalue weighted by Crippen LogP contribution is 2.34. The topological polar surface area (TPSA) is 129 Å². The van der Waals surface area contributed by atoms with Crippen molar-refractivity contribution >= 4 is 34.9 Å². The predicted molar refractivity (Wildman–Crippen MR) is 126 cm³/mol. The van der Waals surface area contributed by atoms with E-state index in [4.69, 9.17) is 24.5 Å². The second kappa shape index (κ2) is 13.7. The average molecular weight is 586 g/mol. The molecule has 0 saturated carbocycles. The van der Waals surface area contributed by atoms with E-state index in [1.807, 2.05) is 19.1 Å². The number of pyridine rings is 1. The van der Waals surface area contributed by atoms with Gasteiger partial charge in [-0.3, -0.25) is 14.7 Å². The lowest BCUT2D eigenvalue weighted by molar-refractivity contribution is -0.193. The average Bonchev–Trinajstić information content (AvgIpc) is 3.50. The third-order valence-electron chi connectivity index (χ3n) is 5.64. The summed E-state index contributed by atoms with van der Waals surface area (Å²) in [7, 11) is 0. The lowest BCUT2D eigenvalue weighted by Gasteiger charge is -2.33. The molecular weight excluding hydrogens is 560 g/mol. The minimum absolute atomic E-state index is 0.0460. The molecule has 2 aliphatic heterocycles. The Hall–Kier alpha value is -3.24. The lowest BCUT2D eigenvalue weighted by atomic mass is 9.91. The summed E-state index contributed by atoms with van der Waals surface area (Å²) in [4.78, 5) is 38.4. The van der Waals surface area contributed by atoms with E-state index in [1.54, 1.807) is 17.5 Å². The van der Waals surface area contributed by atoms with E-state index in [2.05, 4.69) is 32.7 Å². The summed E-state index contributed by atoms with van der Waals surface area (Å²) in [6.45, 7) is 4.88. The van der Waals surface area contributed by atoms with Crippen molar-refractivity contribution in [2.75, 3.05) is 18.4 Å². The van der Waals surface area contributed by atoms with Crippen LogP contribution in [0.1, 0.15) is 23.4 Å². The molecule has 1 amide bonds. The van der Waals surface area contributed by atoms with Crippen LogP contribution in [0.15, 0.2) is 35.8 Å². The van der Waals surface area contributed by atoms with Gasteiger partial charge in [-0.15, -0.1) is 11.3 Å². The molecule has 0 unspecified atom stereocenters. The summed E-state index contributed by atoms with van der Waals surface area (Å²) in [6, 6.07) is 7.99. The molecule has 2 fully saturated rings. The number of hydrogen-bond acceptors (Lipinski definition) is 7. The molecule has 2 aliphatic rings. The van der Waals surface area contributed by atoms with Gasteiger partial charge < -0.3 is 20.3 Å². The number of carbonyl (C=O) groups excluding carboxylic acids is 1. The van der Waals surface area contributed by atoms with Crippen molar-refractivity contribution < 1.29 is 55.7 Å². The van der Waals surface area contributed by atoms with Crippen LogP contribution in [0.25, 0.3) is 0 Å². The van der Waals surface area contributed by atoms with E-state index in [1.165, 1.54) is 4.88 Å². The highest BCUT2D eigenvalue weighted by atomic mass is 32.1. The van der Waals surface area contributed by atoms with Crippen LogP contribution < -0.4 is 5.32 Å². The number of thiophene rings is 1. The van der Waals surface area contributed by atoms with Gasteiger partial charge in [0.2, 0.25) is 0 Å². The number of hydrogen-bond donors (Lipinski definition) is 3. The maximum atomic E-state index is 12.6. The number of aryl methyl sites for hydroxylation is 1. The van der Waals surface area contributed by atoms with E-state index in [0.717, 1.165) is 43.9 Å². The molecule has 39 heavy (non-hydrogen) atoms. The number of alkyl halides is 6. The Morgan fingerprint density at radius 2 is 1.72 bits per heavy atom. The fourth-order valence-electron chi connectivity index (χ4n) is 3.76. The molecular formula is C23H25F6N3O6S. The van der Waals surface area contributed by atoms with Crippen LogP contribution in [0.2, 0.25) is 0 Å². The molecule has 0 aliphatic carbocycles. The van der Waals surface area contributed by atoms with E-state index in [0.29, 0.717) is 5.92 Å². The van der Waals surface area contributed by atoms with Crippen molar-refractivity contribution in [1.82, 2.24) is 9.88 Å². The molecule has 2 aromatic heterocycles. The summed E-state index contributed by atoms with van der Waals surface area (Å²) in [5, 5.41) is 19.3. The third-order valence-corrected chi connectivity index (χ3v) is 6.50. The maximum Gasteiger partial charge on any atom is 0.490 e. The molecule has 0 radical (unpaired) electrons. The van der Waals surface area contributed by atoms with Crippen molar-refractivity contribution in [1.29, 1.82) is 0 Å². The Bertz CT molecular complexity index is 1090. The molecule has 16 heteroatoms. The SMILES string of the molecule is Cc1ncccc1NC(=O)[C@H]1C[C@@H]2CCN(Cc3cccs3)C[C@H]2O1.O=C(O)C(F)(F)F.O=C(O)C(F)(F)F. The number of aromatic nitrogens is 1. The smallest absolute Gasteiger partial charge is 0.475 e. The molecule has 0 bridgehead atoms. The fraction of sp³-hybridized carbons (Fsp3) is 0.478. The van der Waals surface area contributed by atoms with E-state index in [-0.39, 0.29) is 18.1 Å². The minimum atomic E-state index is -5.08. The van der Waals surface area contributed by atoms with Gasteiger partial charge in [0.05, 0.1) is 17.5 Å². The number of nitrogens with zero attached hydrogens (tertiary/aromatic N) is 2. The van der Waals surface area contributed by atoms with Gasteiger partial charge >= 0.3 is 24.3 Å². The highest BCUT2D eigenvalue weighted by molar-refractivity contribution is 7.09. The zero-order valence-corrected chi connectivity index (χ0v) is 21.1. The molecule has 2 aromatic rings. The number of nitrogens with one attached hydrogen (secondary N) is 1. The third kappa shape index (κ3) is 10.4. The van der Waals surface area contributed by atoms with Gasteiger partial charge in [-0.1, -0.05) is 6.07 Å². The largest absolute Gasteiger partial charge is 0.490 e. The quantitative estimate of drug-likeness (QED) is 0.453. The number of piperidine rings is 1. The number of likely N-dealkylation sites (tertiary alicyclic amines) is 1. The summed E-state index contributed by atoms with van der Waals surface area (Å²) < 4.78 is 69.6. The Morgan fingerprint density at radius 1 is 1.10 bits per heavy atom. The maximum absolute atomic E-state index is 12.6. The number of halogens is 6. The zero-order valence-electron chi connectivity index (χ0n) is 20.3. The monoisotopic (exact) mass is 585 g/mol. The van der Waals surface area contributed by atoms with Crippen LogP contribution >= 0.6 is 11.3 Å². The Balaban J connectivity index is 0.000000317. The zero-order chi connectivity index (χ0) is 29.4. The van der Waals surface area contributed by atoms with Crippen LogP contribution in [0, 0.1) is 12.8 Å². The van der Waals surface area contributed by atoms with Crippen LogP contribution in [0.5, 0.6) is 0 Å². The number of ether oxygens (including phenoxy) is 1. The molecule has 4 heterocycles. The first kappa shape index (κ1) is 32.0. The van der Waals surface area contributed by atoms with E-state index in [9.17, 15) is 31.1 Å². The first-order chi connectivity index (χ1) is 18.1. The lowest BCUT2D eigenvalue weighted by Crippen LogP contribution is -2.41. The number of carboxylic acid groups (broad SMARTS) is 2. The summed E-state index contributed by atoms with van der Waals surface area (Å²) in [5.41, 5.74) is 1.60. The fourth-order valence-corrected chi connectivity index (χ4v) is 4.51. The molecule has 2 saturated heterocycles. The van der Waals surface area contributed by atoms with Gasteiger partial charge in [-0.2, -0.15) is 26.3 Å². The molecule has 0 aromatic carbocycles. The Kier molecular flexibility index (Phi) is 11.2. The number of anilines is 1. The second-order valence-electron chi connectivity index (χ2n) is 8.49. The van der Waals surface area contributed by atoms with Crippen molar-refractivity contribution in [3.63, 3.8) is 0 Å². The number of carboxylic acids is 2. The van der Waals surface area contributed by atoms with Crippen molar-refractivity contribution in [2.24, 2.45) is 5.92 Å².